The average Bonchev–Trinajstić information content (AvgIpc) is 2.34. The maximum Gasteiger partial charge on any atom is 0.124 e. The molecule has 0 aliphatic carbocycles. The molecule has 3 nitrogen and oxygen atoms in total. The first-order valence-electron chi connectivity index (χ1n) is 5.32. The van der Waals surface area contributed by atoms with Crippen LogP contribution in [0, 0.1) is 0 Å². The van der Waals surface area contributed by atoms with Gasteiger partial charge in [-0.25, -0.2) is 0 Å². The van der Waals surface area contributed by atoms with Crippen LogP contribution in [0.5, 0.6) is 5.75 Å². The van der Waals surface area contributed by atoms with Crippen LogP contribution in [0.2, 0.25) is 0 Å². The van der Waals surface area contributed by atoms with Crippen LogP contribution < -0.4 is 10.1 Å². The lowest BCUT2D eigenvalue weighted by Crippen LogP contribution is -2.14. The molecule has 0 radical (unpaired) electrons. The van der Waals surface area contributed by atoms with Crippen LogP contribution in [0.25, 0.3) is 0 Å². The summed E-state index contributed by atoms with van der Waals surface area (Å²) in [7, 11) is 3.61. The van der Waals surface area contributed by atoms with Crippen molar-refractivity contribution >= 4 is 11.8 Å². The fourth-order valence-electron chi connectivity index (χ4n) is 1.55. The van der Waals surface area contributed by atoms with Gasteiger partial charge in [-0.1, -0.05) is 6.07 Å². The van der Waals surface area contributed by atoms with E-state index in [4.69, 9.17) is 9.84 Å². The van der Waals surface area contributed by atoms with E-state index in [2.05, 4.69) is 18.3 Å². The van der Waals surface area contributed by atoms with Gasteiger partial charge in [0.2, 0.25) is 0 Å². The smallest absolute Gasteiger partial charge is 0.124 e. The zero-order chi connectivity index (χ0) is 12.0. The zero-order valence-corrected chi connectivity index (χ0v) is 10.8. The average molecular weight is 241 g/mol. The van der Waals surface area contributed by atoms with Crippen LogP contribution in [0.3, 0.4) is 0 Å². The van der Waals surface area contributed by atoms with Gasteiger partial charge in [-0.2, -0.15) is 0 Å². The van der Waals surface area contributed by atoms with E-state index in [1.807, 2.05) is 19.2 Å². The van der Waals surface area contributed by atoms with Gasteiger partial charge < -0.3 is 15.2 Å². The minimum absolute atomic E-state index is 0.190. The molecule has 0 saturated heterocycles. The minimum atomic E-state index is 0.190. The molecule has 16 heavy (non-hydrogen) atoms. The maximum atomic E-state index is 8.87. The van der Waals surface area contributed by atoms with E-state index in [1.54, 1.807) is 18.9 Å². The molecule has 0 aliphatic heterocycles. The normalized spacial score (nSPS) is 12.5. The number of nitrogens with one attached hydrogen (secondary N) is 1. The lowest BCUT2D eigenvalue weighted by molar-refractivity contribution is 0.322. The lowest BCUT2D eigenvalue weighted by Gasteiger charge is -2.18. The number of aliphatic hydroxyl groups excluding tert-OH is 1. The molecule has 0 fully saturated rings. The molecular weight excluding hydrogens is 222 g/mol. The van der Waals surface area contributed by atoms with Crippen molar-refractivity contribution in [2.75, 3.05) is 26.5 Å². The fraction of sp³-hybridized carbons (Fsp3) is 0.500. The second-order valence-electron chi connectivity index (χ2n) is 3.45. The lowest BCUT2D eigenvalue weighted by atomic mass is 10.1. The number of hydrogen-bond donors (Lipinski definition) is 2. The van der Waals surface area contributed by atoms with Crippen molar-refractivity contribution < 1.29 is 9.84 Å². The first kappa shape index (κ1) is 13.4. The SMILES string of the molecule is CNC(C)c1c(OC)cccc1SCCO. The molecule has 0 bridgehead atoms. The molecule has 4 heteroatoms. The van der Waals surface area contributed by atoms with Crippen molar-refractivity contribution in [2.24, 2.45) is 0 Å². The predicted octanol–water partition coefficient (Wildman–Crippen LogP) is 2.06. The Kier molecular flexibility index (Phi) is 5.66. The molecule has 90 valence electrons. The number of rotatable bonds is 6. The maximum absolute atomic E-state index is 8.87. The minimum Gasteiger partial charge on any atom is -0.496 e. The highest BCUT2D eigenvalue weighted by atomic mass is 32.2. The third-order valence-corrected chi connectivity index (χ3v) is 3.51. The number of benzene rings is 1. The van der Waals surface area contributed by atoms with Gasteiger partial charge in [0.1, 0.15) is 5.75 Å². The van der Waals surface area contributed by atoms with E-state index < -0.39 is 0 Å². The van der Waals surface area contributed by atoms with Gasteiger partial charge in [-0.05, 0) is 26.1 Å². The molecule has 0 amide bonds. The summed E-state index contributed by atoms with van der Waals surface area (Å²) in [6.45, 7) is 2.29. The predicted molar refractivity (Wildman–Crippen MR) is 68.3 cm³/mol. The summed E-state index contributed by atoms with van der Waals surface area (Å²) in [4.78, 5) is 1.16. The van der Waals surface area contributed by atoms with Crippen molar-refractivity contribution in [2.45, 2.75) is 17.9 Å². The number of ether oxygens (including phenoxy) is 1. The highest BCUT2D eigenvalue weighted by Crippen LogP contribution is 2.34. The summed E-state index contributed by atoms with van der Waals surface area (Å²) >= 11 is 1.65. The van der Waals surface area contributed by atoms with E-state index in [0.717, 1.165) is 16.2 Å². The fourth-order valence-corrected chi connectivity index (χ4v) is 2.47. The van der Waals surface area contributed by atoms with Crippen LogP contribution in [0.15, 0.2) is 23.1 Å². The third-order valence-electron chi connectivity index (χ3n) is 2.46. The van der Waals surface area contributed by atoms with Crippen LogP contribution in [0.1, 0.15) is 18.5 Å². The summed E-state index contributed by atoms with van der Waals surface area (Å²) in [6, 6.07) is 6.24. The summed E-state index contributed by atoms with van der Waals surface area (Å²) < 4.78 is 5.37. The Bertz CT molecular complexity index is 331. The number of thioether (sulfide) groups is 1. The first-order valence-corrected chi connectivity index (χ1v) is 6.31. The second kappa shape index (κ2) is 6.78. The van der Waals surface area contributed by atoms with Gasteiger partial charge in [0, 0.05) is 22.3 Å². The number of aliphatic hydroxyl groups is 1. The highest BCUT2D eigenvalue weighted by molar-refractivity contribution is 7.99. The number of methoxy groups -OCH3 is 1. The Labute approximate surface area is 101 Å². The van der Waals surface area contributed by atoms with Gasteiger partial charge in [-0.3, -0.25) is 0 Å². The Morgan fingerprint density at radius 2 is 2.25 bits per heavy atom. The molecule has 1 rings (SSSR count). The molecule has 0 saturated carbocycles. The summed E-state index contributed by atoms with van der Waals surface area (Å²) in [5.41, 5.74) is 1.16. The Hall–Kier alpha value is -0.710. The van der Waals surface area contributed by atoms with Crippen LogP contribution in [-0.2, 0) is 0 Å². The van der Waals surface area contributed by atoms with Gasteiger partial charge >= 0.3 is 0 Å². The Morgan fingerprint density at radius 3 is 2.81 bits per heavy atom. The van der Waals surface area contributed by atoms with Gasteiger partial charge in [0.25, 0.3) is 0 Å². The molecule has 0 aliphatic rings. The molecule has 2 N–H and O–H groups in total. The van der Waals surface area contributed by atoms with Crippen molar-refractivity contribution in [3.8, 4) is 5.75 Å². The van der Waals surface area contributed by atoms with Crippen LogP contribution in [-0.4, -0.2) is 31.6 Å². The third kappa shape index (κ3) is 3.14. The molecule has 0 heterocycles. The molecular formula is C12H19NO2S. The monoisotopic (exact) mass is 241 g/mol. The van der Waals surface area contributed by atoms with Gasteiger partial charge in [0.05, 0.1) is 13.7 Å². The molecule has 1 aromatic carbocycles. The van der Waals surface area contributed by atoms with Crippen molar-refractivity contribution in [1.29, 1.82) is 0 Å². The van der Waals surface area contributed by atoms with Gasteiger partial charge in [-0.15, -0.1) is 11.8 Å². The number of hydrogen-bond acceptors (Lipinski definition) is 4. The van der Waals surface area contributed by atoms with Crippen molar-refractivity contribution in [3.63, 3.8) is 0 Å². The highest BCUT2D eigenvalue weighted by Gasteiger charge is 2.14. The molecule has 0 aromatic heterocycles. The van der Waals surface area contributed by atoms with Crippen LogP contribution >= 0.6 is 11.8 Å². The Balaban J connectivity index is 3.04. The van der Waals surface area contributed by atoms with Crippen molar-refractivity contribution in [3.05, 3.63) is 23.8 Å². The summed E-state index contributed by atoms with van der Waals surface area (Å²) in [5.74, 6) is 1.60. The summed E-state index contributed by atoms with van der Waals surface area (Å²) in [5, 5.41) is 12.1. The standard InChI is InChI=1S/C12H19NO2S/c1-9(13-2)12-10(15-3)5-4-6-11(12)16-8-7-14/h4-6,9,13-14H,7-8H2,1-3H3. The van der Waals surface area contributed by atoms with E-state index in [-0.39, 0.29) is 12.6 Å². The molecule has 1 aromatic rings. The quantitative estimate of drug-likeness (QED) is 0.748. The first-order chi connectivity index (χ1) is 7.74. The van der Waals surface area contributed by atoms with E-state index >= 15 is 0 Å². The van der Waals surface area contributed by atoms with E-state index in [0.29, 0.717) is 5.75 Å². The topological polar surface area (TPSA) is 41.5 Å². The molecule has 0 spiro atoms. The van der Waals surface area contributed by atoms with E-state index in [9.17, 15) is 0 Å². The van der Waals surface area contributed by atoms with Crippen molar-refractivity contribution in [1.82, 2.24) is 5.32 Å². The largest absolute Gasteiger partial charge is 0.496 e. The summed E-state index contributed by atoms with van der Waals surface area (Å²) in [6.07, 6.45) is 0. The second-order valence-corrected chi connectivity index (χ2v) is 4.59. The molecule has 1 atom stereocenters. The Morgan fingerprint density at radius 1 is 1.50 bits per heavy atom. The van der Waals surface area contributed by atoms with Crippen LogP contribution in [0.4, 0.5) is 0 Å². The zero-order valence-electron chi connectivity index (χ0n) is 9.99. The van der Waals surface area contributed by atoms with Gasteiger partial charge in [0.15, 0.2) is 0 Å². The molecule has 1 unspecified atom stereocenters. The van der Waals surface area contributed by atoms with E-state index in [1.165, 1.54) is 0 Å².